The molecule has 0 radical (unpaired) electrons. The maximum absolute atomic E-state index is 13.8. The summed E-state index contributed by atoms with van der Waals surface area (Å²) in [5, 5.41) is 13.5. The first-order valence-electron chi connectivity index (χ1n) is 12.0. The average Bonchev–Trinajstić information content (AvgIpc) is 3.48. The van der Waals surface area contributed by atoms with E-state index in [0.717, 1.165) is 55.5 Å². The number of fused-ring (bicyclic) bond motifs is 7. The summed E-state index contributed by atoms with van der Waals surface area (Å²) in [6, 6.07) is 23.4. The van der Waals surface area contributed by atoms with Crippen LogP contribution in [-0.4, -0.2) is 30.6 Å². The van der Waals surface area contributed by atoms with Gasteiger partial charge in [-0.05, 0) is 34.4 Å². The van der Waals surface area contributed by atoms with Crippen LogP contribution in [0.15, 0.2) is 77.6 Å². The van der Waals surface area contributed by atoms with Gasteiger partial charge in [-0.2, -0.15) is 0 Å². The molecule has 3 aromatic carbocycles. The minimum Gasteiger partial charge on any atom is -0.448 e. The van der Waals surface area contributed by atoms with Crippen molar-refractivity contribution in [3.63, 3.8) is 0 Å². The van der Waals surface area contributed by atoms with Gasteiger partial charge in [0.25, 0.3) is 4.06 Å². The molecule has 2 N–H and O–H groups in total. The number of para-hydroxylation sites is 2. The average molecular weight is 531 g/mol. The number of ether oxygens (including phenoxy) is 2. The van der Waals surface area contributed by atoms with E-state index in [4.69, 9.17) is 9.47 Å². The Hall–Kier alpha value is -3.50. The molecule has 3 heterocycles. The Labute approximate surface area is 220 Å². The van der Waals surface area contributed by atoms with E-state index in [1.807, 2.05) is 48.5 Å². The van der Waals surface area contributed by atoms with Gasteiger partial charge >= 0.3 is 6.09 Å². The zero-order valence-corrected chi connectivity index (χ0v) is 21.1. The fourth-order valence-electron chi connectivity index (χ4n) is 5.63. The predicted octanol–water partition coefficient (Wildman–Crippen LogP) is 5.48. The van der Waals surface area contributed by atoms with Crippen LogP contribution < -0.4 is 14.3 Å². The second-order valence-electron chi connectivity index (χ2n) is 9.19. The van der Waals surface area contributed by atoms with Gasteiger partial charge in [-0.1, -0.05) is 83.3 Å². The molecule has 0 spiro atoms. The van der Waals surface area contributed by atoms with Crippen molar-refractivity contribution in [1.29, 1.82) is 0 Å². The molecule has 0 saturated heterocycles. The molecule has 0 bridgehead atoms. The Bertz CT molecular complexity index is 1540. The number of carbonyl (C=O) groups excluding carboxylic acids is 1. The van der Waals surface area contributed by atoms with Gasteiger partial charge in [0.1, 0.15) is 18.8 Å². The van der Waals surface area contributed by atoms with Crippen LogP contribution in [-0.2, 0) is 9.47 Å². The van der Waals surface area contributed by atoms with Crippen molar-refractivity contribution in [2.75, 3.05) is 23.4 Å². The van der Waals surface area contributed by atoms with Gasteiger partial charge in [0, 0.05) is 5.92 Å². The third-order valence-electron chi connectivity index (χ3n) is 7.22. The molecule has 1 aliphatic carbocycles. The van der Waals surface area contributed by atoms with Gasteiger partial charge in [0.05, 0.1) is 27.7 Å². The highest BCUT2D eigenvalue weighted by Gasteiger charge is 2.47. The van der Waals surface area contributed by atoms with Crippen LogP contribution >= 0.6 is 22.7 Å². The summed E-state index contributed by atoms with van der Waals surface area (Å²) in [4.78, 5) is 29.1. The molecule has 0 saturated carbocycles. The highest BCUT2D eigenvalue weighted by Crippen LogP contribution is 2.49. The molecule has 7 rings (SSSR count). The fraction of sp³-hybridized carbons (Fsp3) is 0.214. The Morgan fingerprint density at radius 2 is 1.59 bits per heavy atom. The second kappa shape index (κ2) is 8.81. The Morgan fingerprint density at radius 3 is 2.32 bits per heavy atom. The fourth-order valence-corrected chi connectivity index (χ4v) is 7.97. The quantitative estimate of drug-likeness (QED) is 0.365. The zero-order chi connectivity index (χ0) is 25.1. The predicted molar refractivity (Wildman–Crippen MR) is 144 cm³/mol. The number of anilines is 2. The number of hydrogen-bond acceptors (Lipinski definition) is 8. The summed E-state index contributed by atoms with van der Waals surface area (Å²) < 4.78 is 12.2. The van der Waals surface area contributed by atoms with Crippen LogP contribution in [0, 0.1) is 0 Å². The van der Waals surface area contributed by atoms with Crippen molar-refractivity contribution in [3.8, 4) is 11.1 Å². The molecule has 7 nitrogen and oxygen atoms in total. The molecule has 2 aliphatic heterocycles. The molecule has 9 heteroatoms. The van der Waals surface area contributed by atoms with Crippen molar-refractivity contribution in [3.05, 3.63) is 103 Å². The summed E-state index contributed by atoms with van der Waals surface area (Å²) >= 11 is 2.22. The van der Waals surface area contributed by atoms with E-state index < -0.39 is 24.5 Å². The number of benzene rings is 3. The monoisotopic (exact) mass is 530 g/mol. The SMILES string of the molecule is O=C(OCC1c2ccccc2-c2ccccc21)N1c2ccccc2N[C@H]2c3sc(=O)sc3[C@@H](CO)O[C@@H]21. The van der Waals surface area contributed by atoms with Gasteiger partial charge in [-0.25, -0.2) is 9.69 Å². The van der Waals surface area contributed by atoms with E-state index >= 15 is 0 Å². The first kappa shape index (κ1) is 22.7. The van der Waals surface area contributed by atoms with E-state index in [9.17, 15) is 14.7 Å². The molecule has 186 valence electrons. The molecular formula is C28H22N2O5S2. The van der Waals surface area contributed by atoms with Crippen molar-refractivity contribution in [2.45, 2.75) is 24.3 Å². The minimum absolute atomic E-state index is 0.0685. The number of carbonyl (C=O) groups is 1. The molecule has 37 heavy (non-hydrogen) atoms. The van der Waals surface area contributed by atoms with Crippen LogP contribution in [0.1, 0.15) is 38.9 Å². The Morgan fingerprint density at radius 1 is 0.946 bits per heavy atom. The minimum atomic E-state index is -0.777. The lowest BCUT2D eigenvalue weighted by atomic mass is 9.98. The normalized spacial score (nSPS) is 21.2. The standard InChI is InChI=1S/C28H22N2O5S2/c31-13-22-24-25(37-28(33)36-24)23-26(35-22)30(21-12-6-5-11-20(21)29-23)27(32)34-14-19-17-9-3-1-7-15(17)16-8-2-4-10-18(16)19/h1-12,19,22-23,26,29,31H,13-14H2/t22-,23+,26+/m1/s1. The maximum Gasteiger partial charge on any atom is 0.416 e. The van der Waals surface area contributed by atoms with Crippen molar-refractivity contribution in [1.82, 2.24) is 0 Å². The largest absolute Gasteiger partial charge is 0.448 e. The molecule has 0 fully saturated rings. The Kier molecular flexibility index (Phi) is 5.40. The van der Waals surface area contributed by atoms with Gasteiger partial charge < -0.3 is 19.9 Å². The van der Waals surface area contributed by atoms with Crippen LogP contribution in [0.25, 0.3) is 11.1 Å². The zero-order valence-electron chi connectivity index (χ0n) is 19.5. The molecular weight excluding hydrogens is 508 g/mol. The number of nitrogens with zero attached hydrogens (tertiary/aromatic N) is 1. The van der Waals surface area contributed by atoms with Crippen molar-refractivity contribution in [2.24, 2.45) is 0 Å². The van der Waals surface area contributed by atoms with Crippen LogP contribution in [0.5, 0.6) is 0 Å². The van der Waals surface area contributed by atoms with Crippen LogP contribution in [0.3, 0.4) is 0 Å². The number of nitrogens with one attached hydrogen (secondary N) is 1. The molecule has 4 aromatic rings. The van der Waals surface area contributed by atoms with E-state index in [1.54, 1.807) is 0 Å². The highest BCUT2D eigenvalue weighted by molar-refractivity contribution is 7.27. The van der Waals surface area contributed by atoms with Crippen LogP contribution in [0.2, 0.25) is 0 Å². The molecule has 3 atom stereocenters. The summed E-state index contributed by atoms with van der Waals surface area (Å²) in [6.45, 7) is -0.111. The summed E-state index contributed by atoms with van der Waals surface area (Å²) in [5.41, 5.74) is 5.97. The third-order valence-corrected chi connectivity index (χ3v) is 9.58. The first-order chi connectivity index (χ1) is 18.1. The summed E-state index contributed by atoms with van der Waals surface area (Å²) in [5.74, 6) is -0.0727. The number of aliphatic hydroxyl groups is 1. The second-order valence-corrected chi connectivity index (χ2v) is 11.5. The van der Waals surface area contributed by atoms with Crippen molar-refractivity contribution < 1.29 is 19.4 Å². The lowest BCUT2D eigenvalue weighted by Crippen LogP contribution is -2.53. The molecule has 3 aliphatic rings. The Balaban J connectivity index is 1.23. The lowest BCUT2D eigenvalue weighted by molar-refractivity contribution is -0.0595. The van der Waals surface area contributed by atoms with E-state index in [-0.39, 0.29) is 23.2 Å². The summed E-state index contributed by atoms with van der Waals surface area (Å²) in [7, 11) is 0. The smallest absolute Gasteiger partial charge is 0.416 e. The maximum atomic E-state index is 13.8. The highest BCUT2D eigenvalue weighted by atomic mass is 32.2. The topological polar surface area (TPSA) is 88.1 Å². The van der Waals surface area contributed by atoms with Crippen LogP contribution in [0.4, 0.5) is 16.2 Å². The van der Waals surface area contributed by atoms with Gasteiger partial charge in [-0.15, -0.1) is 0 Å². The van der Waals surface area contributed by atoms with E-state index in [0.29, 0.717) is 10.6 Å². The number of rotatable bonds is 3. The number of hydrogen-bond donors (Lipinski definition) is 2. The van der Waals surface area contributed by atoms with Crippen molar-refractivity contribution >= 4 is 40.1 Å². The lowest BCUT2D eigenvalue weighted by Gasteiger charge is -2.45. The van der Waals surface area contributed by atoms with Gasteiger partial charge in [0.2, 0.25) is 0 Å². The number of amides is 1. The van der Waals surface area contributed by atoms with Gasteiger partial charge in [0.15, 0.2) is 6.23 Å². The summed E-state index contributed by atoms with van der Waals surface area (Å²) in [6.07, 6.45) is -2.00. The molecule has 1 aromatic heterocycles. The molecule has 1 amide bonds. The van der Waals surface area contributed by atoms with E-state index in [1.165, 1.54) is 4.90 Å². The number of aliphatic hydroxyl groups excluding tert-OH is 1. The van der Waals surface area contributed by atoms with E-state index in [2.05, 4.69) is 29.6 Å². The third kappa shape index (κ3) is 3.53. The first-order valence-corrected chi connectivity index (χ1v) is 13.7. The molecule has 0 unspecified atom stereocenters. The van der Waals surface area contributed by atoms with Gasteiger partial charge in [-0.3, -0.25) is 4.79 Å².